The van der Waals surface area contributed by atoms with Gasteiger partial charge < -0.3 is 18.9 Å². The van der Waals surface area contributed by atoms with Gasteiger partial charge in [0.2, 0.25) is 5.90 Å². The number of cyclic esters (lactones) is 1. The maximum Gasteiger partial charge on any atom is 0.387 e. The lowest BCUT2D eigenvalue weighted by Crippen LogP contribution is -2.06. The molecule has 27 heavy (non-hydrogen) atoms. The number of esters is 1. The van der Waals surface area contributed by atoms with Gasteiger partial charge in [0.25, 0.3) is 0 Å². The van der Waals surface area contributed by atoms with Crippen LogP contribution in [0.2, 0.25) is 0 Å². The first-order valence-electron chi connectivity index (χ1n) is 7.79. The Kier molecular flexibility index (Phi) is 5.35. The predicted octanol–water partition coefficient (Wildman–Crippen LogP) is 3.65. The smallest absolute Gasteiger partial charge is 0.387 e. The Morgan fingerprint density at radius 3 is 2.19 bits per heavy atom. The first-order valence-corrected chi connectivity index (χ1v) is 7.79. The maximum absolute atomic E-state index is 12.2. The highest BCUT2D eigenvalue weighted by molar-refractivity contribution is 6.12. The first-order chi connectivity index (χ1) is 13.0. The molecule has 0 N–H and O–H groups in total. The van der Waals surface area contributed by atoms with Gasteiger partial charge in [-0.3, -0.25) is 0 Å². The molecule has 0 atom stereocenters. The second-order valence-corrected chi connectivity index (χ2v) is 5.38. The normalized spacial score (nSPS) is 14.9. The minimum Gasteiger partial charge on any atom is -0.497 e. The fourth-order valence-corrected chi connectivity index (χ4v) is 2.38. The topological polar surface area (TPSA) is 66.3 Å². The SMILES string of the molecule is COc1cc(/C=C2\N=C(c3ccc(OC(F)F)cc3)OC2=O)cc(OC)c1. The number of benzene rings is 2. The Morgan fingerprint density at radius 2 is 1.63 bits per heavy atom. The number of methoxy groups -OCH3 is 2. The minimum atomic E-state index is -2.91. The van der Waals surface area contributed by atoms with E-state index in [1.54, 1.807) is 18.2 Å². The highest BCUT2D eigenvalue weighted by atomic mass is 19.3. The van der Waals surface area contributed by atoms with Gasteiger partial charge in [-0.1, -0.05) is 0 Å². The molecule has 0 bridgehead atoms. The van der Waals surface area contributed by atoms with Crippen molar-refractivity contribution in [2.75, 3.05) is 14.2 Å². The number of carbonyl (C=O) groups is 1. The molecular weight excluding hydrogens is 360 g/mol. The fraction of sp³-hybridized carbons (Fsp3) is 0.158. The summed E-state index contributed by atoms with van der Waals surface area (Å²) < 4.78 is 44.2. The highest BCUT2D eigenvalue weighted by Crippen LogP contribution is 2.26. The van der Waals surface area contributed by atoms with Crippen LogP contribution in [0.5, 0.6) is 17.2 Å². The summed E-state index contributed by atoms with van der Waals surface area (Å²) in [5.41, 5.74) is 1.19. The van der Waals surface area contributed by atoms with Crippen molar-refractivity contribution in [3.63, 3.8) is 0 Å². The third kappa shape index (κ3) is 4.41. The van der Waals surface area contributed by atoms with Crippen LogP contribution in [-0.2, 0) is 9.53 Å². The minimum absolute atomic E-state index is 0.00193. The van der Waals surface area contributed by atoms with Crippen LogP contribution in [0.1, 0.15) is 11.1 Å². The molecule has 0 radical (unpaired) electrons. The van der Waals surface area contributed by atoms with Crippen LogP contribution in [0.4, 0.5) is 8.78 Å². The molecule has 2 aromatic rings. The summed E-state index contributed by atoms with van der Waals surface area (Å²) in [6, 6.07) is 10.8. The number of halogens is 2. The second kappa shape index (κ2) is 7.86. The largest absolute Gasteiger partial charge is 0.497 e. The van der Waals surface area contributed by atoms with Crippen molar-refractivity contribution in [1.82, 2.24) is 0 Å². The lowest BCUT2D eigenvalue weighted by molar-refractivity contribution is -0.129. The first kappa shape index (κ1) is 18.4. The Morgan fingerprint density at radius 1 is 1.00 bits per heavy atom. The van der Waals surface area contributed by atoms with Gasteiger partial charge in [0.15, 0.2) is 5.70 Å². The van der Waals surface area contributed by atoms with Gasteiger partial charge in [0.05, 0.1) is 14.2 Å². The monoisotopic (exact) mass is 375 g/mol. The van der Waals surface area contributed by atoms with Crippen LogP contribution in [0.15, 0.2) is 53.2 Å². The number of hydrogen-bond acceptors (Lipinski definition) is 6. The van der Waals surface area contributed by atoms with Crippen LogP contribution in [0.3, 0.4) is 0 Å². The van der Waals surface area contributed by atoms with Gasteiger partial charge in [-0.15, -0.1) is 0 Å². The molecule has 0 saturated heterocycles. The van der Waals surface area contributed by atoms with Gasteiger partial charge in [-0.2, -0.15) is 8.78 Å². The van der Waals surface area contributed by atoms with Crippen LogP contribution < -0.4 is 14.2 Å². The fourth-order valence-electron chi connectivity index (χ4n) is 2.38. The zero-order valence-corrected chi connectivity index (χ0v) is 14.4. The number of alkyl halides is 2. The molecule has 0 aromatic heterocycles. The van der Waals surface area contributed by atoms with Gasteiger partial charge >= 0.3 is 12.6 Å². The molecule has 8 heteroatoms. The van der Waals surface area contributed by atoms with E-state index >= 15 is 0 Å². The van der Waals surface area contributed by atoms with Gasteiger partial charge in [-0.25, -0.2) is 9.79 Å². The molecule has 0 fully saturated rings. The van der Waals surface area contributed by atoms with E-state index in [0.29, 0.717) is 22.6 Å². The molecule has 1 heterocycles. The molecule has 1 aliphatic rings. The van der Waals surface area contributed by atoms with Crippen LogP contribution in [0, 0.1) is 0 Å². The van der Waals surface area contributed by atoms with Gasteiger partial charge in [-0.05, 0) is 48.0 Å². The van der Waals surface area contributed by atoms with E-state index in [4.69, 9.17) is 14.2 Å². The predicted molar refractivity (Wildman–Crippen MR) is 93.2 cm³/mol. The molecule has 1 aliphatic heterocycles. The van der Waals surface area contributed by atoms with E-state index in [2.05, 4.69) is 9.73 Å². The Balaban J connectivity index is 1.87. The number of ether oxygens (including phenoxy) is 4. The molecule has 140 valence electrons. The molecule has 3 rings (SSSR count). The summed E-state index contributed by atoms with van der Waals surface area (Å²) in [5, 5.41) is 0. The third-order valence-electron chi connectivity index (χ3n) is 3.62. The lowest BCUT2D eigenvalue weighted by Gasteiger charge is -2.05. The Bertz CT molecular complexity index is 885. The zero-order chi connectivity index (χ0) is 19.4. The number of rotatable bonds is 6. The molecule has 0 spiro atoms. The van der Waals surface area contributed by atoms with Crippen molar-refractivity contribution >= 4 is 17.9 Å². The van der Waals surface area contributed by atoms with Crippen molar-refractivity contribution in [1.29, 1.82) is 0 Å². The summed E-state index contributed by atoms with van der Waals surface area (Å²) in [4.78, 5) is 16.3. The zero-order valence-electron chi connectivity index (χ0n) is 14.4. The number of nitrogens with zero attached hydrogens (tertiary/aromatic N) is 1. The van der Waals surface area contributed by atoms with Crippen LogP contribution in [0.25, 0.3) is 6.08 Å². The van der Waals surface area contributed by atoms with Gasteiger partial charge in [0.1, 0.15) is 17.2 Å². The summed E-state index contributed by atoms with van der Waals surface area (Å²) >= 11 is 0. The second-order valence-electron chi connectivity index (χ2n) is 5.38. The van der Waals surface area contributed by atoms with Gasteiger partial charge in [0, 0.05) is 11.6 Å². The van der Waals surface area contributed by atoms with Crippen LogP contribution in [-0.4, -0.2) is 32.7 Å². The average molecular weight is 375 g/mol. The van der Waals surface area contributed by atoms with E-state index in [1.807, 2.05) is 0 Å². The summed E-state index contributed by atoms with van der Waals surface area (Å²) in [5.74, 6) is 0.570. The Labute approximate surface area is 153 Å². The average Bonchev–Trinajstić information content (AvgIpc) is 3.02. The third-order valence-corrected chi connectivity index (χ3v) is 3.62. The molecule has 0 saturated carbocycles. The van der Waals surface area contributed by atoms with Crippen molar-refractivity contribution in [2.45, 2.75) is 6.61 Å². The summed E-state index contributed by atoms with van der Waals surface area (Å²) in [7, 11) is 3.04. The summed E-state index contributed by atoms with van der Waals surface area (Å²) in [6.07, 6.45) is 1.54. The van der Waals surface area contributed by atoms with Crippen molar-refractivity contribution < 1.29 is 32.5 Å². The highest BCUT2D eigenvalue weighted by Gasteiger charge is 2.24. The van der Waals surface area contributed by atoms with E-state index in [-0.39, 0.29) is 17.3 Å². The lowest BCUT2D eigenvalue weighted by atomic mass is 10.1. The van der Waals surface area contributed by atoms with E-state index in [9.17, 15) is 13.6 Å². The van der Waals surface area contributed by atoms with E-state index in [1.165, 1.54) is 44.6 Å². The molecule has 0 aliphatic carbocycles. The molecule has 0 unspecified atom stereocenters. The van der Waals surface area contributed by atoms with E-state index in [0.717, 1.165) is 0 Å². The standard InChI is InChI=1S/C19H15F2NO5/c1-24-14-7-11(8-15(10-14)25-2)9-16-18(23)27-17(22-16)12-3-5-13(6-4-12)26-19(20)21/h3-10,19H,1-2H3/b16-9-. The number of aliphatic imine (C=N–C) groups is 1. The molecule has 0 amide bonds. The van der Waals surface area contributed by atoms with Crippen LogP contribution >= 0.6 is 0 Å². The van der Waals surface area contributed by atoms with Crippen molar-refractivity contribution in [3.05, 3.63) is 59.3 Å². The number of hydrogen-bond donors (Lipinski definition) is 0. The molecule has 2 aromatic carbocycles. The van der Waals surface area contributed by atoms with Crippen molar-refractivity contribution in [3.8, 4) is 17.2 Å². The van der Waals surface area contributed by atoms with E-state index < -0.39 is 12.6 Å². The molecule has 6 nitrogen and oxygen atoms in total. The molecular formula is C19H15F2NO5. The van der Waals surface area contributed by atoms with Crippen molar-refractivity contribution in [2.24, 2.45) is 4.99 Å². The maximum atomic E-state index is 12.2. The quantitative estimate of drug-likeness (QED) is 0.570. The number of carbonyl (C=O) groups excluding carboxylic acids is 1. The summed E-state index contributed by atoms with van der Waals surface area (Å²) in [6.45, 7) is -2.91. The Hall–Kier alpha value is -3.42.